The van der Waals surface area contributed by atoms with Gasteiger partial charge in [-0.1, -0.05) is 37.6 Å². The fraction of sp³-hybridized carbons (Fsp3) is 0.571. The molecular weight excluding hydrogens is 198 g/mol. The molecule has 2 rings (SSSR count). The molecule has 1 aromatic carbocycles. The second-order valence-corrected chi connectivity index (χ2v) is 4.52. The molecule has 0 amide bonds. The van der Waals surface area contributed by atoms with Gasteiger partial charge in [-0.2, -0.15) is 0 Å². The first kappa shape index (κ1) is 11.6. The van der Waals surface area contributed by atoms with Crippen LogP contribution in [0.3, 0.4) is 0 Å². The van der Waals surface area contributed by atoms with Gasteiger partial charge in [-0.05, 0) is 30.9 Å². The summed E-state index contributed by atoms with van der Waals surface area (Å²) >= 11 is 0. The van der Waals surface area contributed by atoms with Crippen molar-refractivity contribution in [3.8, 4) is 0 Å². The third kappa shape index (κ3) is 2.83. The predicted molar refractivity (Wildman–Crippen MR) is 66.3 cm³/mol. The van der Waals surface area contributed by atoms with Crippen molar-refractivity contribution in [2.24, 2.45) is 0 Å². The van der Waals surface area contributed by atoms with E-state index in [0.29, 0.717) is 0 Å². The second-order valence-electron chi connectivity index (χ2n) is 4.52. The number of nitrogens with one attached hydrogen (secondary N) is 1. The van der Waals surface area contributed by atoms with Crippen LogP contribution in [-0.2, 0) is 11.2 Å². The number of ether oxygens (including phenoxy) is 1. The van der Waals surface area contributed by atoms with E-state index in [1.54, 1.807) is 0 Å². The zero-order valence-corrected chi connectivity index (χ0v) is 10.2. The molecule has 1 aliphatic heterocycles. The minimum absolute atomic E-state index is 0.185. The Bertz CT molecular complexity index is 320. The summed E-state index contributed by atoms with van der Waals surface area (Å²) in [5.74, 6) is 0. The van der Waals surface area contributed by atoms with Crippen molar-refractivity contribution in [2.75, 3.05) is 6.54 Å². The maximum Gasteiger partial charge on any atom is 0.106 e. The molecule has 88 valence electrons. The highest BCUT2D eigenvalue weighted by molar-refractivity contribution is 5.25. The average Bonchev–Trinajstić information content (AvgIpc) is 2.74. The number of unbranched alkanes of at least 4 members (excludes halogenated alkanes) is 1. The van der Waals surface area contributed by atoms with Crippen LogP contribution in [0.5, 0.6) is 0 Å². The molecule has 2 unspecified atom stereocenters. The van der Waals surface area contributed by atoms with Gasteiger partial charge in [0.15, 0.2) is 0 Å². The molecule has 0 aliphatic carbocycles. The van der Waals surface area contributed by atoms with Crippen molar-refractivity contribution in [3.63, 3.8) is 0 Å². The van der Waals surface area contributed by atoms with Gasteiger partial charge >= 0.3 is 0 Å². The van der Waals surface area contributed by atoms with Crippen LogP contribution < -0.4 is 5.32 Å². The minimum atomic E-state index is 0.185. The van der Waals surface area contributed by atoms with Gasteiger partial charge in [-0.15, -0.1) is 0 Å². The van der Waals surface area contributed by atoms with Crippen molar-refractivity contribution in [2.45, 2.75) is 45.4 Å². The first-order valence-corrected chi connectivity index (χ1v) is 6.27. The molecule has 0 aromatic heterocycles. The lowest BCUT2D eigenvalue weighted by Crippen LogP contribution is -2.17. The normalized spacial score (nSPS) is 24.9. The summed E-state index contributed by atoms with van der Waals surface area (Å²) in [6.07, 6.45) is 4.14. The molecule has 1 N–H and O–H groups in total. The number of hydrogen-bond acceptors (Lipinski definition) is 2. The Kier molecular flexibility index (Phi) is 3.97. The summed E-state index contributed by atoms with van der Waals surface area (Å²) in [6, 6.07) is 8.87. The molecule has 0 bridgehead atoms. The van der Waals surface area contributed by atoms with Crippen LogP contribution in [0.1, 0.15) is 43.9 Å². The Morgan fingerprint density at radius 3 is 2.62 bits per heavy atom. The summed E-state index contributed by atoms with van der Waals surface area (Å²) in [6.45, 7) is 5.21. The molecule has 1 heterocycles. The van der Waals surface area contributed by atoms with E-state index in [4.69, 9.17) is 4.74 Å². The van der Waals surface area contributed by atoms with Crippen molar-refractivity contribution in [1.29, 1.82) is 0 Å². The van der Waals surface area contributed by atoms with E-state index in [0.717, 1.165) is 6.54 Å². The Morgan fingerprint density at radius 2 is 2.06 bits per heavy atom. The van der Waals surface area contributed by atoms with Gasteiger partial charge in [0.2, 0.25) is 0 Å². The smallest absolute Gasteiger partial charge is 0.106 e. The summed E-state index contributed by atoms with van der Waals surface area (Å²) in [5.41, 5.74) is 2.72. The largest absolute Gasteiger partial charge is 0.354 e. The summed E-state index contributed by atoms with van der Waals surface area (Å²) < 4.78 is 5.76. The maximum atomic E-state index is 5.76. The highest BCUT2D eigenvalue weighted by atomic mass is 16.5. The number of rotatable bonds is 4. The van der Waals surface area contributed by atoms with Gasteiger partial charge in [-0.3, -0.25) is 5.32 Å². The summed E-state index contributed by atoms with van der Waals surface area (Å²) in [4.78, 5) is 0. The maximum absolute atomic E-state index is 5.76. The molecular formula is C14H21NO. The molecule has 1 aromatic rings. The van der Waals surface area contributed by atoms with Crippen LogP contribution in [0, 0.1) is 0 Å². The highest BCUT2D eigenvalue weighted by Crippen LogP contribution is 2.23. The SMILES string of the molecule is CCCCc1ccc(C2CNC(C)O2)cc1. The molecule has 0 spiro atoms. The standard InChI is InChI=1S/C14H21NO/c1-3-4-5-12-6-8-13(9-7-12)14-10-15-11(2)16-14/h6-9,11,14-15H,3-5,10H2,1-2H3. The third-order valence-corrected chi connectivity index (χ3v) is 3.13. The van der Waals surface area contributed by atoms with Gasteiger partial charge in [0, 0.05) is 6.54 Å². The van der Waals surface area contributed by atoms with Gasteiger partial charge in [0.25, 0.3) is 0 Å². The fourth-order valence-electron chi connectivity index (χ4n) is 2.09. The minimum Gasteiger partial charge on any atom is -0.354 e. The fourth-order valence-corrected chi connectivity index (χ4v) is 2.09. The van der Waals surface area contributed by atoms with E-state index in [9.17, 15) is 0 Å². The lowest BCUT2D eigenvalue weighted by molar-refractivity contribution is 0.0529. The molecule has 1 fully saturated rings. The Hall–Kier alpha value is -0.860. The van der Waals surface area contributed by atoms with Gasteiger partial charge in [0.1, 0.15) is 6.23 Å². The molecule has 2 atom stereocenters. The van der Waals surface area contributed by atoms with E-state index in [-0.39, 0.29) is 12.3 Å². The van der Waals surface area contributed by atoms with Gasteiger partial charge in [0.05, 0.1) is 6.10 Å². The zero-order chi connectivity index (χ0) is 11.4. The molecule has 0 radical (unpaired) electrons. The average molecular weight is 219 g/mol. The Morgan fingerprint density at radius 1 is 1.31 bits per heavy atom. The molecule has 2 nitrogen and oxygen atoms in total. The number of hydrogen-bond donors (Lipinski definition) is 1. The van der Waals surface area contributed by atoms with Crippen LogP contribution in [0.15, 0.2) is 24.3 Å². The van der Waals surface area contributed by atoms with Crippen LogP contribution >= 0.6 is 0 Å². The van der Waals surface area contributed by atoms with E-state index in [1.807, 2.05) is 0 Å². The van der Waals surface area contributed by atoms with Crippen LogP contribution in [-0.4, -0.2) is 12.8 Å². The summed E-state index contributed by atoms with van der Waals surface area (Å²) in [5, 5.41) is 3.29. The Balaban J connectivity index is 1.96. The zero-order valence-electron chi connectivity index (χ0n) is 10.2. The van der Waals surface area contributed by atoms with E-state index >= 15 is 0 Å². The van der Waals surface area contributed by atoms with Crippen molar-refractivity contribution >= 4 is 0 Å². The van der Waals surface area contributed by atoms with Gasteiger partial charge < -0.3 is 4.74 Å². The first-order chi connectivity index (χ1) is 7.79. The van der Waals surface area contributed by atoms with E-state index in [1.165, 1.54) is 30.4 Å². The second kappa shape index (κ2) is 5.46. The molecule has 2 heteroatoms. The van der Waals surface area contributed by atoms with Crippen molar-refractivity contribution < 1.29 is 4.74 Å². The highest BCUT2D eigenvalue weighted by Gasteiger charge is 2.22. The topological polar surface area (TPSA) is 21.3 Å². The van der Waals surface area contributed by atoms with E-state index in [2.05, 4.69) is 43.4 Å². The molecule has 16 heavy (non-hydrogen) atoms. The molecule has 0 saturated carbocycles. The lowest BCUT2D eigenvalue weighted by Gasteiger charge is -2.10. The molecule has 1 saturated heterocycles. The summed E-state index contributed by atoms with van der Waals surface area (Å²) in [7, 11) is 0. The van der Waals surface area contributed by atoms with Crippen LogP contribution in [0.4, 0.5) is 0 Å². The van der Waals surface area contributed by atoms with Crippen LogP contribution in [0.2, 0.25) is 0 Å². The molecule has 1 aliphatic rings. The third-order valence-electron chi connectivity index (χ3n) is 3.13. The number of benzene rings is 1. The number of aryl methyl sites for hydroxylation is 1. The quantitative estimate of drug-likeness (QED) is 0.840. The predicted octanol–water partition coefficient (Wildman–Crippen LogP) is 3.04. The van der Waals surface area contributed by atoms with E-state index < -0.39 is 0 Å². The Labute approximate surface area is 98.0 Å². The van der Waals surface area contributed by atoms with Crippen molar-refractivity contribution in [3.05, 3.63) is 35.4 Å². The van der Waals surface area contributed by atoms with Crippen LogP contribution in [0.25, 0.3) is 0 Å². The van der Waals surface area contributed by atoms with Crippen molar-refractivity contribution in [1.82, 2.24) is 5.32 Å². The lowest BCUT2D eigenvalue weighted by atomic mass is 10.0. The monoisotopic (exact) mass is 219 g/mol. The van der Waals surface area contributed by atoms with Gasteiger partial charge in [-0.25, -0.2) is 0 Å². The first-order valence-electron chi connectivity index (χ1n) is 6.27.